The Morgan fingerprint density at radius 1 is 1.31 bits per heavy atom. The van der Waals surface area contributed by atoms with E-state index in [0.29, 0.717) is 24.2 Å². The molecule has 29 heavy (non-hydrogen) atoms. The van der Waals surface area contributed by atoms with Crippen LogP contribution in [0.5, 0.6) is 0 Å². The van der Waals surface area contributed by atoms with Crippen molar-refractivity contribution in [2.24, 2.45) is 0 Å². The predicted octanol–water partition coefficient (Wildman–Crippen LogP) is 2.09. The lowest BCUT2D eigenvalue weighted by molar-refractivity contribution is 0.0955. The molecular formula is C21H21FN4O3. The Morgan fingerprint density at radius 3 is 2.76 bits per heavy atom. The average molecular weight is 396 g/mol. The number of benzene rings is 1. The third-order valence-corrected chi connectivity index (χ3v) is 5.16. The van der Waals surface area contributed by atoms with E-state index in [2.05, 4.69) is 15.3 Å². The lowest BCUT2D eigenvalue weighted by Crippen LogP contribution is -2.33. The molecule has 1 aliphatic rings. The number of fused-ring (bicyclic) bond motifs is 1. The number of nitrogens with one attached hydrogen (secondary N) is 2. The van der Waals surface area contributed by atoms with Crippen LogP contribution in [0.4, 0.5) is 4.39 Å². The zero-order valence-electron chi connectivity index (χ0n) is 16.0. The molecule has 150 valence electrons. The maximum Gasteiger partial charge on any atom is 0.329 e. The Hall–Kier alpha value is -3.29. The number of aryl methyl sites for hydroxylation is 1. The van der Waals surface area contributed by atoms with E-state index in [4.69, 9.17) is 0 Å². The Balaban J connectivity index is 1.70. The number of aromatic nitrogens is 3. The van der Waals surface area contributed by atoms with Gasteiger partial charge in [-0.05, 0) is 43.9 Å². The first-order chi connectivity index (χ1) is 14.0. The molecule has 1 amide bonds. The van der Waals surface area contributed by atoms with Gasteiger partial charge in [0.25, 0.3) is 11.5 Å². The molecule has 0 unspecified atom stereocenters. The number of pyridine rings is 1. The maximum atomic E-state index is 13.8. The van der Waals surface area contributed by atoms with Crippen LogP contribution in [0.2, 0.25) is 0 Å². The van der Waals surface area contributed by atoms with Crippen LogP contribution in [0.3, 0.4) is 0 Å². The number of hydrogen-bond acceptors (Lipinski definition) is 4. The minimum Gasteiger partial charge on any atom is -0.352 e. The lowest BCUT2D eigenvalue weighted by atomic mass is 10.1. The molecule has 0 atom stereocenters. The number of rotatable bonds is 6. The molecule has 0 radical (unpaired) electrons. The fraction of sp³-hybridized carbons (Fsp3) is 0.333. The minimum atomic E-state index is -0.635. The van der Waals surface area contributed by atoms with Crippen molar-refractivity contribution in [1.82, 2.24) is 19.9 Å². The first-order valence-electron chi connectivity index (χ1n) is 9.69. The van der Waals surface area contributed by atoms with Gasteiger partial charge in [-0.25, -0.2) is 14.2 Å². The SMILES string of the molecule is CCn1c(=O)[nH]c(=O)c2c(C(=O)NCCc3ccccc3F)cc(C3CC3)nc21. The summed E-state index contributed by atoms with van der Waals surface area (Å²) in [6, 6.07) is 8.03. The van der Waals surface area contributed by atoms with Crippen molar-refractivity contribution in [1.29, 1.82) is 0 Å². The number of hydrogen-bond donors (Lipinski definition) is 2. The Kier molecular flexibility index (Phi) is 5.00. The second-order valence-corrected chi connectivity index (χ2v) is 7.17. The van der Waals surface area contributed by atoms with Gasteiger partial charge in [0.2, 0.25) is 0 Å². The molecule has 0 bridgehead atoms. The Morgan fingerprint density at radius 2 is 2.07 bits per heavy atom. The number of nitrogens with zero attached hydrogens (tertiary/aromatic N) is 2. The fourth-order valence-electron chi connectivity index (χ4n) is 3.46. The number of aromatic amines is 1. The fourth-order valence-corrected chi connectivity index (χ4v) is 3.46. The molecule has 2 aromatic heterocycles. The molecular weight excluding hydrogens is 375 g/mol. The zero-order valence-corrected chi connectivity index (χ0v) is 16.0. The van der Waals surface area contributed by atoms with E-state index in [9.17, 15) is 18.8 Å². The monoisotopic (exact) mass is 396 g/mol. The predicted molar refractivity (Wildman–Crippen MR) is 107 cm³/mol. The smallest absolute Gasteiger partial charge is 0.329 e. The standard InChI is InChI=1S/C21H21FN4O3/c1-2-26-18-17(20(28)25-21(26)29)14(11-16(24-18)13-7-8-13)19(27)23-10-9-12-5-3-4-6-15(12)22/h3-6,11,13H,2,7-10H2,1H3,(H,23,27)(H,25,28,29). The van der Waals surface area contributed by atoms with Gasteiger partial charge in [0.05, 0.1) is 10.9 Å². The molecule has 1 aliphatic carbocycles. The summed E-state index contributed by atoms with van der Waals surface area (Å²) in [5, 5.41) is 2.86. The number of carbonyl (C=O) groups excluding carboxylic acids is 1. The highest BCUT2D eigenvalue weighted by atomic mass is 19.1. The van der Waals surface area contributed by atoms with Crippen molar-refractivity contribution in [3.05, 3.63) is 73.8 Å². The zero-order chi connectivity index (χ0) is 20.5. The van der Waals surface area contributed by atoms with Crippen LogP contribution in [0.25, 0.3) is 11.0 Å². The van der Waals surface area contributed by atoms with E-state index < -0.39 is 17.2 Å². The van der Waals surface area contributed by atoms with Crippen LogP contribution >= 0.6 is 0 Å². The maximum absolute atomic E-state index is 13.8. The molecule has 8 heteroatoms. The summed E-state index contributed by atoms with van der Waals surface area (Å²) < 4.78 is 15.1. The molecule has 2 N–H and O–H groups in total. The van der Waals surface area contributed by atoms with Crippen molar-refractivity contribution in [3.8, 4) is 0 Å². The van der Waals surface area contributed by atoms with Gasteiger partial charge in [-0.1, -0.05) is 18.2 Å². The molecule has 0 aliphatic heterocycles. The Bertz CT molecular complexity index is 1210. The summed E-state index contributed by atoms with van der Waals surface area (Å²) >= 11 is 0. The number of amides is 1. The summed E-state index contributed by atoms with van der Waals surface area (Å²) in [4.78, 5) is 44.3. The lowest BCUT2D eigenvalue weighted by Gasteiger charge is -2.12. The van der Waals surface area contributed by atoms with Crippen molar-refractivity contribution in [2.45, 2.75) is 38.6 Å². The third-order valence-electron chi connectivity index (χ3n) is 5.16. The molecule has 1 fully saturated rings. The number of H-pyrrole nitrogens is 1. The Labute approximate surface area is 165 Å². The first kappa shape index (κ1) is 19.0. The molecule has 0 spiro atoms. The molecule has 7 nitrogen and oxygen atoms in total. The van der Waals surface area contributed by atoms with E-state index in [0.717, 1.165) is 12.8 Å². The van der Waals surface area contributed by atoms with Crippen LogP contribution in [0, 0.1) is 5.82 Å². The summed E-state index contributed by atoms with van der Waals surface area (Å²) in [7, 11) is 0. The number of halogens is 1. The van der Waals surface area contributed by atoms with Gasteiger partial charge in [0.15, 0.2) is 5.65 Å². The summed E-state index contributed by atoms with van der Waals surface area (Å²) in [5.74, 6) is -0.526. The topological polar surface area (TPSA) is 96.9 Å². The van der Waals surface area contributed by atoms with Crippen LogP contribution in [0.1, 0.15) is 47.3 Å². The molecule has 1 saturated carbocycles. The molecule has 4 rings (SSSR count). The van der Waals surface area contributed by atoms with Gasteiger partial charge in [-0.3, -0.25) is 19.1 Å². The first-order valence-corrected chi connectivity index (χ1v) is 9.69. The second kappa shape index (κ2) is 7.62. The van der Waals surface area contributed by atoms with E-state index >= 15 is 0 Å². The van der Waals surface area contributed by atoms with Crippen molar-refractivity contribution < 1.29 is 9.18 Å². The highest BCUT2D eigenvalue weighted by Gasteiger charge is 2.28. The van der Waals surface area contributed by atoms with Crippen molar-refractivity contribution in [3.63, 3.8) is 0 Å². The molecule has 0 saturated heterocycles. The van der Waals surface area contributed by atoms with Gasteiger partial charge < -0.3 is 5.32 Å². The van der Waals surface area contributed by atoms with Gasteiger partial charge in [0, 0.05) is 24.7 Å². The average Bonchev–Trinajstić information content (AvgIpc) is 3.54. The number of carbonyl (C=O) groups is 1. The van der Waals surface area contributed by atoms with Crippen molar-refractivity contribution in [2.75, 3.05) is 6.54 Å². The van der Waals surface area contributed by atoms with Crippen LogP contribution < -0.4 is 16.6 Å². The van der Waals surface area contributed by atoms with Crippen LogP contribution in [-0.4, -0.2) is 27.0 Å². The normalized spacial score (nSPS) is 13.6. The molecule has 3 aromatic rings. The molecule has 1 aromatic carbocycles. The van der Waals surface area contributed by atoms with E-state index in [-0.39, 0.29) is 34.9 Å². The van der Waals surface area contributed by atoms with E-state index in [1.165, 1.54) is 10.6 Å². The van der Waals surface area contributed by atoms with Gasteiger partial charge in [-0.2, -0.15) is 0 Å². The van der Waals surface area contributed by atoms with Crippen LogP contribution in [-0.2, 0) is 13.0 Å². The quantitative estimate of drug-likeness (QED) is 0.667. The van der Waals surface area contributed by atoms with Crippen molar-refractivity contribution >= 4 is 16.9 Å². The second-order valence-electron chi connectivity index (χ2n) is 7.17. The van der Waals surface area contributed by atoms with Gasteiger partial charge >= 0.3 is 5.69 Å². The summed E-state index contributed by atoms with van der Waals surface area (Å²) in [6.45, 7) is 2.31. The highest BCUT2D eigenvalue weighted by Crippen LogP contribution is 2.39. The van der Waals surface area contributed by atoms with E-state index in [1.54, 1.807) is 31.2 Å². The summed E-state index contributed by atoms with van der Waals surface area (Å²) in [5.41, 5.74) is 0.451. The highest BCUT2D eigenvalue weighted by molar-refractivity contribution is 6.05. The molecule has 2 heterocycles. The summed E-state index contributed by atoms with van der Waals surface area (Å²) in [6.07, 6.45) is 2.26. The largest absolute Gasteiger partial charge is 0.352 e. The van der Waals surface area contributed by atoms with Gasteiger partial charge in [-0.15, -0.1) is 0 Å². The van der Waals surface area contributed by atoms with Gasteiger partial charge in [0.1, 0.15) is 5.82 Å². The van der Waals surface area contributed by atoms with E-state index in [1.807, 2.05) is 0 Å². The minimum absolute atomic E-state index is 0.0965. The third kappa shape index (κ3) is 3.70. The van der Waals surface area contributed by atoms with Crippen LogP contribution in [0.15, 0.2) is 39.9 Å².